The van der Waals surface area contributed by atoms with Crippen LogP contribution in [0.4, 0.5) is 0 Å². The van der Waals surface area contributed by atoms with E-state index in [0.29, 0.717) is 30.7 Å². The normalized spacial score (nSPS) is 18.2. The maximum absolute atomic E-state index is 13.3. The van der Waals surface area contributed by atoms with E-state index in [-0.39, 0.29) is 17.8 Å². The lowest BCUT2D eigenvalue weighted by atomic mass is 9.80. The molecule has 1 aliphatic heterocycles. The number of hydrogen-bond donors (Lipinski definition) is 2. The van der Waals surface area contributed by atoms with Crippen molar-refractivity contribution in [3.8, 4) is 0 Å². The van der Waals surface area contributed by atoms with Gasteiger partial charge in [-0.3, -0.25) is 9.59 Å². The first-order chi connectivity index (χ1) is 24.9. The second-order valence-electron chi connectivity index (χ2n) is 14.7. The first-order valence-corrected chi connectivity index (χ1v) is 19.8. The van der Waals surface area contributed by atoms with Gasteiger partial charge in [-0.15, -0.1) is 0 Å². The summed E-state index contributed by atoms with van der Waals surface area (Å²) in [5.74, 6) is 0.0242. The van der Waals surface area contributed by atoms with E-state index in [1.807, 2.05) is 58.7 Å². The maximum atomic E-state index is 13.3. The summed E-state index contributed by atoms with van der Waals surface area (Å²) >= 11 is 1.60. The zero-order valence-corrected chi connectivity index (χ0v) is 32.6. The lowest BCUT2D eigenvalue weighted by molar-refractivity contribution is -0.146. The molecule has 0 saturated heterocycles. The quantitative estimate of drug-likeness (QED) is 0.262. The number of carbonyl (C=O) groups is 4. The number of rotatable bonds is 13. The van der Waals surface area contributed by atoms with E-state index in [4.69, 9.17) is 9.47 Å². The SMILES string of the molecule is CN(C)Cc1ccc(C2=NC3(CCCCC3)C(=O)O2)cc1.COC(=O)[C@H](CCSC)NC(=O)C1(NC(=O)c2ccc(CN(C)C)cc2)CCCCC1. The van der Waals surface area contributed by atoms with Crippen LogP contribution in [-0.4, -0.2) is 104 Å². The molecule has 2 fully saturated rings. The molecule has 5 rings (SSSR count). The molecule has 11 nitrogen and oxygen atoms in total. The summed E-state index contributed by atoms with van der Waals surface area (Å²) in [5.41, 5.74) is 2.17. The molecule has 1 heterocycles. The summed E-state index contributed by atoms with van der Waals surface area (Å²) in [6, 6.07) is 14.8. The third-order valence-electron chi connectivity index (χ3n) is 9.88. The van der Waals surface area contributed by atoms with Crippen LogP contribution in [0.25, 0.3) is 0 Å². The molecule has 0 radical (unpaired) electrons. The number of hydrogen-bond acceptors (Lipinski definition) is 10. The van der Waals surface area contributed by atoms with Crippen molar-refractivity contribution < 1.29 is 28.7 Å². The highest BCUT2D eigenvalue weighted by molar-refractivity contribution is 7.98. The van der Waals surface area contributed by atoms with E-state index in [0.717, 1.165) is 74.9 Å². The zero-order chi connectivity index (χ0) is 37.7. The summed E-state index contributed by atoms with van der Waals surface area (Å²) < 4.78 is 10.3. The third kappa shape index (κ3) is 11.1. The van der Waals surface area contributed by atoms with Crippen LogP contribution in [0.2, 0.25) is 0 Å². The fourth-order valence-electron chi connectivity index (χ4n) is 7.04. The molecule has 2 amide bonds. The van der Waals surface area contributed by atoms with Gasteiger partial charge in [-0.05, 0) is 108 Å². The van der Waals surface area contributed by atoms with Gasteiger partial charge in [-0.2, -0.15) is 11.8 Å². The molecular weight excluding hydrogens is 679 g/mol. The smallest absolute Gasteiger partial charge is 0.340 e. The van der Waals surface area contributed by atoms with Gasteiger partial charge in [-0.25, -0.2) is 14.6 Å². The first kappa shape index (κ1) is 41.0. The Bertz CT molecular complexity index is 1530. The summed E-state index contributed by atoms with van der Waals surface area (Å²) in [4.78, 5) is 59.5. The molecule has 2 N–H and O–H groups in total. The highest BCUT2D eigenvalue weighted by atomic mass is 32.2. The number of aliphatic imine (C=N–C) groups is 1. The minimum atomic E-state index is -1.01. The fraction of sp³-hybridized carbons (Fsp3) is 0.575. The van der Waals surface area contributed by atoms with Crippen LogP contribution in [0, 0.1) is 0 Å². The second kappa shape index (κ2) is 19.4. The predicted molar refractivity (Wildman–Crippen MR) is 206 cm³/mol. The predicted octanol–water partition coefficient (Wildman–Crippen LogP) is 5.35. The maximum Gasteiger partial charge on any atom is 0.340 e. The third-order valence-corrected chi connectivity index (χ3v) is 10.5. The monoisotopic (exact) mass is 735 g/mol. The summed E-state index contributed by atoms with van der Waals surface area (Å²) in [6.45, 7) is 1.69. The Hall–Kier alpha value is -3.74. The van der Waals surface area contributed by atoms with Gasteiger partial charge in [0, 0.05) is 24.2 Å². The Morgan fingerprint density at radius 3 is 1.90 bits per heavy atom. The number of nitrogens with one attached hydrogen (secondary N) is 2. The van der Waals surface area contributed by atoms with Gasteiger partial charge in [0.05, 0.1) is 7.11 Å². The Morgan fingerprint density at radius 2 is 1.38 bits per heavy atom. The number of ether oxygens (including phenoxy) is 2. The first-order valence-electron chi connectivity index (χ1n) is 18.4. The van der Waals surface area contributed by atoms with Gasteiger partial charge in [0.15, 0.2) is 5.54 Å². The molecule has 2 aromatic carbocycles. The average molecular weight is 736 g/mol. The number of carbonyl (C=O) groups excluding carboxylic acids is 4. The van der Waals surface area contributed by atoms with Crippen molar-refractivity contribution in [3.05, 3.63) is 70.8 Å². The van der Waals surface area contributed by atoms with Gasteiger partial charge in [0.2, 0.25) is 11.8 Å². The molecule has 284 valence electrons. The topological polar surface area (TPSA) is 130 Å². The van der Waals surface area contributed by atoms with Crippen molar-refractivity contribution >= 4 is 41.4 Å². The Kier molecular flexibility index (Phi) is 15.3. The van der Waals surface area contributed by atoms with Gasteiger partial charge >= 0.3 is 11.9 Å². The largest absolute Gasteiger partial charge is 0.467 e. The number of nitrogens with zero attached hydrogens (tertiary/aromatic N) is 3. The molecule has 3 aliphatic rings. The number of benzene rings is 2. The summed E-state index contributed by atoms with van der Waals surface area (Å²) in [6.07, 6.45) is 11.2. The Labute approximate surface area is 313 Å². The van der Waals surface area contributed by atoms with Crippen molar-refractivity contribution in [1.82, 2.24) is 20.4 Å². The molecule has 52 heavy (non-hydrogen) atoms. The summed E-state index contributed by atoms with van der Waals surface area (Å²) in [5, 5.41) is 5.86. The molecule has 0 bridgehead atoms. The van der Waals surface area contributed by atoms with E-state index in [1.165, 1.54) is 19.1 Å². The van der Waals surface area contributed by atoms with E-state index in [1.54, 1.807) is 23.9 Å². The van der Waals surface area contributed by atoms with E-state index in [9.17, 15) is 19.2 Å². The minimum Gasteiger partial charge on any atom is -0.467 e. The van der Waals surface area contributed by atoms with Gasteiger partial charge in [0.1, 0.15) is 11.6 Å². The van der Waals surface area contributed by atoms with Crippen molar-refractivity contribution in [1.29, 1.82) is 0 Å². The van der Waals surface area contributed by atoms with Gasteiger partial charge in [0.25, 0.3) is 5.91 Å². The molecule has 1 atom stereocenters. The highest BCUT2D eigenvalue weighted by Crippen LogP contribution is 2.37. The minimum absolute atomic E-state index is 0.158. The molecule has 2 saturated carbocycles. The molecule has 2 aromatic rings. The van der Waals surface area contributed by atoms with Crippen LogP contribution >= 0.6 is 11.8 Å². The number of amides is 2. The average Bonchev–Trinajstić information content (AvgIpc) is 3.44. The number of esters is 2. The number of thioether (sulfide) groups is 1. The van der Waals surface area contributed by atoms with Crippen LogP contribution < -0.4 is 10.6 Å². The van der Waals surface area contributed by atoms with E-state index < -0.39 is 23.1 Å². The molecular formula is C40H57N5O6S. The van der Waals surface area contributed by atoms with Crippen molar-refractivity contribution in [2.45, 2.75) is 101 Å². The Balaban J connectivity index is 0.000000249. The molecule has 0 unspecified atom stereocenters. The highest BCUT2D eigenvalue weighted by Gasteiger charge is 2.46. The molecule has 0 aromatic heterocycles. The number of cyclic esters (lactones) is 1. The van der Waals surface area contributed by atoms with Crippen molar-refractivity contribution in [2.75, 3.05) is 47.3 Å². The van der Waals surface area contributed by atoms with E-state index in [2.05, 4.69) is 37.6 Å². The molecule has 2 aliphatic carbocycles. The lowest BCUT2D eigenvalue weighted by Gasteiger charge is -2.37. The van der Waals surface area contributed by atoms with Crippen LogP contribution in [0.15, 0.2) is 53.5 Å². The van der Waals surface area contributed by atoms with Crippen LogP contribution in [-0.2, 0) is 36.9 Å². The van der Waals surface area contributed by atoms with Crippen LogP contribution in [0.1, 0.15) is 97.7 Å². The summed E-state index contributed by atoms with van der Waals surface area (Å²) in [7, 11) is 9.39. The van der Waals surface area contributed by atoms with Crippen LogP contribution in [0.5, 0.6) is 0 Å². The lowest BCUT2D eigenvalue weighted by Crippen LogP contribution is -2.62. The van der Waals surface area contributed by atoms with E-state index >= 15 is 0 Å². The van der Waals surface area contributed by atoms with Crippen molar-refractivity contribution in [3.63, 3.8) is 0 Å². The molecule has 1 spiro atoms. The number of methoxy groups -OCH3 is 1. The molecule has 12 heteroatoms. The van der Waals surface area contributed by atoms with Gasteiger partial charge in [-0.1, -0.05) is 62.8 Å². The Morgan fingerprint density at radius 1 is 0.846 bits per heavy atom. The van der Waals surface area contributed by atoms with Crippen LogP contribution in [0.3, 0.4) is 0 Å². The van der Waals surface area contributed by atoms with Crippen molar-refractivity contribution in [2.24, 2.45) is 4.99 Å². The second-order valence-corrected chi connectivity index (χ2v) is 15.7. The fourth-order valence-corrected chi connectivity index (χ4v) is 7.51. The van der Waals surface area contributed by atoms with Gasteiger partial charge < -0.3 is 29.9 Å². The zero-order valence-electron chi connectivity index (χ0n) is 31.8. The standard InChI is InChI=1S/C23H35N3O4S.C17H22N2O2/c1-26(2)16-17-8-10-18(11-9-17)20(27)25-23(13-6-5-7-14-23)22(29)24-19(12-15-31-4)21(28)30-3;1-19(2)12-13-6-8-14(9-7-13)15-18-17(16(20)21-15)10-4-3-5-11-17/h8-11,19H,5-7,12-16H2,1-4H3,(H,24,29)(H,25,27);6-9H,3-5,10-12H2,1-2H3/t19-;/m0./s1.